The van der Waals surface area contributed by atoms with E-state index in [0.717, 1.165) is 24.7 Å². The van der Waals surface area contributed by atoms with Gasteiger partial charge >= 0.3 is 6.09 Å². The van der Waals surface area contributed by atoms with Gasteiger partial charge in [-0.25, -0.2) is 4.79 Å². The number of hydrogen-bond acceptors (Lipinski definition) is 3. The molecule has 1 fully saturated rings. The van der Waals surface area contributed by atoms with Gasteiger partial charge in [0.15, 0.2) is 0 Å². The normalized spacial score (nSPS) is 20.7. The Kier molecular flexibility index (Phi) is 3.80. The molecule has 0 aromatic carbocycles. The van der Waals surface area contributed by atoms with Crippen LogP contribution in [0.4, 0.5) is 4.79 Å². The Hall–Kier alpha value is -1.19. The summed E-state index contributed by atoms with van der Waals surface area (Å²) >= 11 is 0. The minimum atomic E-state index is -0.404. The molecule has 1 unspecified atom stereocenters. The molecule has 0 bridgehead atoms. The molecule has 14 heavy (non-hydrogen) atoms. The van der Waals surface area contributed by atoms with Crippen LogP contribution in [0.2, 0.25) is 0 Å². The number of ether oxygens (including phenoxy) is 1. The van der Waals surface area contributed by atoms with E-state index < -0.39 is 6.09 Å². The summed E-state index contributed by atoms with van der Waals surface area (Å²) < 4.78 is 4.47. The number of nitrogens with zero attached hydrogens (tertiary/aromatic N) is 1. The van der Waals surface area contributed by atoms with Gasteiger partial charge in [0.1, 0.15) is 0 Å². The van der Waals surface area contributed by atoms with Gasteiger partial charge in [0, 0.05) is 18.8 Å². The molecule has 1 rings (SSSR count). The largest absolute Gasteiger partial charge is 0.453 e. The fraction of sp³-hybridized carbons (Fsp3) is 0.700. The summed E-state index contributed by atoms with van der Waals surface area (Å²) in [6, 6.07) is 0. The summed E-state index contributed by atoms with van der Waals surface area (Å²) in [7, 11) is 1.36. The van der Waals surface area contributed by atoms with Crippen LogP contribution in [0, 0.1) is 5.92 Å². The zero-order chi connectivity index (χ0) is 10.6. The number of methoxy groups -OCH3 is 1. The van der Waals surface area contributed by atoms with Gasteiger partial charge in [0.2, 0.25) is 0 Å². The highest BCUT2D eigenvalue weighted by Gasteiger charge is 2.19. The smallest absolute Gasteiger partial charge is 0.407 e. The monoisotopic (exact) mass is 198 g/mol. The fourth-order valence-electron chi connectivity index (χ4n) is 1.58. The lowest BCUT2D eigenvalue weighted by Crippen LogP contribution is -2.31. The molecular weight excluding hydrogens is 180 g/mol. The molecule has 0 spiro atoms. The molecule has 1 saturated heterocycles. The molecule has 0 aromatic heterocycles. The number of likely N-dealkylation sites (tertiary alicyclic amines) is 1. The maximum Gasteiger partial charge on any atom is 0.407 e. The average molecular weight is 198 g/mol. The van der Waals surface area contributed by atoms with Gasteiger partial charge in [-0.2, -0.15) is 0 Å². The molecule has 1 atom stereocenters. The van der Waals surface area contributed by atoms with Gasteiger partial charge in [-0.15, -0.1) is 0 Å². The van der Waals surface area contributed by atoms with Crippen LogP contribution < -0.4 is 5.32 Å². The first-order chi connectivity index (χ1) is 6.63. The maximum absolute atomic E-state index is 10.8. The van der Waals surface area contributed by atoms with Gasteiger partial charge in [-0.1, -0.05) is 13.5 Å². The second kappa shape index (κ2) is 4.88. The van der Waals surface area contributed by atoms with Crippen molar-refractivity contribution >= 4 is 6.09 Å². The van der Waals surface area contributed by atoms with Gasteiger partial charge in [-0.05, 0) is 12.3 Å². The van der Waals surface area contributed by atoms with E-state index in [0.29, 0.717) is 6.54 Å². The topological polar surface area (TPSA) is 41.6 Å². The number of rotatable bonds is 3. The Bertz CT molecular complexity index is 228. The van der Waals surface area contributed by atoms with E-state index in [1.165, 1.54) is 13.5 Å². The summed E-state index contributed by atoms with van der Waals surface area (Å²) in [6.45, 7) is 8.72. The third kappa shape index (κ3) is 2.94. The van der Waals surface area contributed by atoms with E-state index in [4.69, 9.17) is 0 Å². The lowest BCUT2D eigenvalue weighted by atomic mass is 10.2. The minimum Gasteiger partial charge on any atom is -0.453 e. The maximum atomic E-state index is 10.8. The third-order valence-electron chi connectivity index (χ3n) is 2.49. The highest BCUT2D eigenvalue weighted by Crippen LogP contribution is 2.18. The molecule has 0 aromatic rings. The molecule has 1 heterocycles. The zero-order valence-electron chi connectivity index (χ0n) is 8.88. The van der Waals surface area contributed by atoms with Crippen molar-refractivity contribution in [3.8, 4) is 0 Å². The quantitative estimate of drug-likeness (QED) is 0.740. The first kappa shape index (κ1) is 10.9. The van der Waals surface area contributed by atoms with Crippen molar-refractivity contribution < 1.29 is 9.53 Å². The van der Waals surface area contributed by atoms with Crippen molar-refractivity contribution in [2.24, 2.45) is 5.92 Å². The Balaban J connectivity index is 2.25. The molecule has 0 saturated carbocycles. The zero-order valence-corrected chi connectivity index (χ0v) is 8.88. The molecule has 0 radical (unpaired) electrons. The molecule has 1 aliphatic heterocycles. The summed E-state index contributed by atoms with van der Waals surface area (Å²) in [6.07, 6.45) is 0.801. The molecule has 0 aliphatic carbocycles. The van der Waals surface area contributed by atoms with Crippen molar-refractivity contribution in [3.63, 3.8) is 0 Å². The lowest BCUT2D eigenvalue weighted by molar-refractivity contribution is 0.171. The Morgan fingerprint density at radius 1 is 1.71 bits per heavy atom. The van der Waals surface area contributed by atoms with Crippen molar-refractivity contribution in [2.75, 3.05) is 26.7 Å². The average Bonchev–Trinajstić information content (AvgIpc) is 2.60. The van der Waals surface area contributed by atoms with Crippen LogP contribution in [0.3, 0.4) is 0 Å². The van der Waals surface area contributed by atoms with E-state index in [9.17, 15) is 4.79 Å². The highest BCUT2D eigenvalue weighted by molar-refractivity contribution is 5.67. The molecule has 4 heteroatoms. The number of carbonyl (C=O) groups excluding carboxylic acids is 1. The number of carbonyl (C=O) groups is 1. The number of hydrogen-bond donors (Lipinski definition) is 1. The minimum absolute atomic E-state index is 0.404. The van der Waals surface area contributed by atoms with Gasteiger partial charge < -0.3 is 15.0 Å². The standard InChI is InChI=1S/C10H18N2O2/c1-8-4-5-12(7-8)9(2)6-11-10(13)14-3/h8H,2,4-7H2,1,3H3,(H,11,13). The first-order valence-corrected chi connectivity index (χ1v) is 4.88. The van der Waals surface area contributed by atoms with Gasteiger partial charge in [0.25, 0.3) is 0 Å². The first-order valence-electron chi connectivity index (χ1n) is 4.88. The van der Waals surface area contributed by atoms with Crippen LogP contribution in [0.1, 0.15) is 13.3 Å². The third-order valence-corrected chi connectivity index (χ3v) is 2.49. The Labute approximate surface area is 84.9 Å². The van der Waals surface area contributed by atoms with Crippen molar-refractivity contribution in [3.05, 3.63) is 12.3 Å². The highest BCUT2D eigenvalue weighted by atomic mass is 16.5. The van der Waals surface area contributed by atoms with Crippen LogP contribution in [0.25, 0.3) is 0 Å². The van der Waals surface area contributed by atoms with E-state index in [1.807, 2.05) is 0 Å². The van der Waals surface area contributed by atoms with Crippen LogP contribution in [-0.2, 0) is 4.74 Å². The van der Waals surface area contributed by atoms with E-state index >= 15 is 0 Å². The molecule has 1 amide bonds. The Morgan fingerprint density at radius 3 is 2.93 bits per heavy atom. The number of amides is 1. The summed E-state index contributed by atoms with van der Waals surface area (Å²) in [5.74, 6) is 0.727. The van der Waals surface area contributed by atoms with Crippen molar-refractivity contribution in [1.29, 1.82) is 0 Å². The summed E-state index contributed by atoms with van der Waals surface area (Å²) in [4.78, 5) is 13.0. The van der Waals surface area contributed by atoms with E-state index in [-0.39, 0.29) is 0 Å². The molecule has 4 nitrogen and oxygen atoms in total. The van der Waals surface area contributed by atoms with Crippen molar-refractivity contribution in [1.82, 2.24) is 10.2 Å². The van der Waals surface area contributed by atoms with Crippen LogP contribution in [0.15, 0.2) is 12.3 Å². The number of alkyl carbamates (subject to hydrolysis) is 1. The van der Waals surface area contributed by atoms with Crippen LogP contribution in [-0.4, -0.2) is 37.7 Å². The SMILES string of the molecule is C=C(CNC(=O)OC)N1CCC(C)C1. The molecule has 80 valence electrons. The van der Waals surface area contributed by atoms with E-state index in [2.05, 4.69) is 28.5 Å². The van der Waals surface area contributed by atoms with Crippen LogP contribution >= 0.6 is 0 Å². The van der Waals surface area contributed by atoms with Crippen LogP contribution in [0.5, 0.6) is 0 Å². The van der Waals surface area contributed by atoms with Crippen molar-refractivity contribution in [2.45, 2.75) is 13.3 Å². The fourth-order valence-corrected chi connectivity index (χ4v) is 1.58. The Morgan fingerprint density at radius 2 is 2.43 bits per heavy atom. The second-order valence-electron chi connectivity index (χ2n) is 3.75. The predicted octanol–water partition coefficient (Wildman–Crippen LogP) is 1.20. The summed E-state index contributed by atoms with van der Waals surface area (Å²) in [5.41, 5.74) is 0.958. The van der Waals surface area contributed by atoms with E-state index in [1.54, 1.807) is 0 Å². The van der Waals surface area contributed by atoms with Gasteiger partial charge in [0.05, 0.1) is 13.7 Å². The second-order valence-corrected chi connectivity index (χ2v) is 3.75. The molecular formula is C10H18N2O2. The predicted molar refractivity (Wildman–Crippen MR) is 54.9 cm³/mol. The molecule has 1 aliphatic rings. The van der Waals surface area contributed by atoms with Gasteiger partial charge in [-0.3, -0.25) is 0 Å². The molecule has 1 N–H and O–H groups in total. The summed E-state index contributed by atoms with van der Waals surface area (Å²) in [5, 5.41) is 2.62. The number of nitrogens with one attached hydrogen (secondary N) is 1. The lowest BCUT2D eigenvalue weighted by Gasteiger charge is -2.20.